The highest BCUT2D eigenvalue weighted by atomic mass is 35.5. The van der Waals surface area contributed by atoms with Gasteiger partial charge in [-0.25, -0.2) is 9.97 Å². The fourth-order valence-electron chi connectivity index (χ4n) is 4.16. The first kappa shape index (κ1) is 24.1. The largest absolute Gasteiger partial charge is 0.493 e. The van der Waals surface area contributed by atoms with E-state index in [0.29, 0.717) is 39.2 Å². The Hall–Kier alpha value is -4.56. The van der Waals surface area contributed by atoms with Gasteiger partial charge in [0.15, 0.2) is 11.5 Å². The van der Waals surface area contributed by atoms with Gasteiger partial charge in [0.25, 0.3) is 0 Å². The van der Waals surface area contributed by atoms with Crippen LogP contribution in [0.15, 0.2) is 72.9 Å². The lowest BCUT2D eigenvalue weighted by molar-refractivity contribution is 0.325. The van der Waals surface area contributed by atoms with Crippen LogP contribution >= 0.6 is 11.6 Å². The number of methoxy groups -OCH3 is 3. The molecule has 0 amide bonds. The number of fused-ring (bicyclic) bond motifs is 1. The van der Waals surface area contributed by atoms with Gasteiger partial charge in [-0.3, -0.25) is 4.98 Å². The Balaban J connectivity index is 1.47. The number of hydrogen-bond donors (Lipinski definition) is 2. The molecule has 0 radical (unpaired) electrons. The standard InChI is InChI=1S/C28H24ClN5O3/c1-35-25-11-10-20(26(36-2)27(25)37-3)24-15-22(33-28(30)34-24)16-4-7-18(8-5-16)32-21-12-13-31-23-14-17(29)6-9-19(21)23/h4-15H,1-3H3,(H,31,32)(H2,30,33,34). The minimum absolute atomic E-state index is 0.147. The summed E-state index contributed by atoms with van der Waals surface area (Å²) in [6, 6.07) is 21.0. The van der Waals surface area contributed by atoms with Gasteiger partial charge < -0.3 is 25.3 Å². The molecule has 0 bridgehead atoms. The van der Waals surface area contributed by atoms with Crippen molar-refractivity contribution < 1.29 is 14.2 Å². The summed E-state index contributed by atoms with van der Waals surface area (Å²) in [6.45, 7) is 0. The molecule has 0 spiro atoms. The molecule has 37 heavy (non-hydrogen) atoms. The quantitative estimate of drug-likeness (QED) is 0.259. The van der Waals surface area contributed by atoms with Crippen molar-refractivity contribution in [2.75, 3.05) is 32.4 Å². The average Bonchev–Trinajstić information content (AvgIpc) is 2.92. The second kappa shape index (κ2) is 10.2. The molecule has 5 rings (SSSR count). The smallest absolute Gasteiger partial charge is 0.221 e. The summed E-state index contributed by atoms with van der Waals surface area (Å²) in [4.78, 5) is 13.3. The Morgan fingerprint density at radius 1 is 0.784 bits per heavy atom. The van der Waals surface area contributed by atoms with Crippen molar-refractivity contribution in [1.82, 2.24) is 15.0 Å². The lowest BCUT2D eigenvalue weighted by Crippen LogP contribution is -2.01. The van der Waals surface area contributed by atoms with Crippen molar-refractivity contribution in [1.29, 1.82) is 0 Å². The van der Waals surface area contributed by atoms with Crippen LogP contribution in [0.3, 0.4) is 0 Å². The van der Waals surface area contributed by atoms with E-state index >= 15 is 0 Å². The molecule has 2 aromatic heterocycles. The third-order valence-corrected chi connectivity index (χ3v) is 6.12. The summed E-state index contributed by atoms with van der Waals surface area (Å²) >= 11 is 6.12. The molecular weight excluding hydrogens is 490 g/mol. The summed E-state index contributed by atoms with van der Waals surface area (Å²) in [7, 11) is 4.70. The Bertz CT molecular complexity index is 1590. The fourth-order valence-corrected chi connectivity index (χ4v) is 4.33. The van der Waals surface area contributed by atoms with Gasteiger partial charge in [0.2, 0.25) is 11.7 Å². The number of halogens is 1. The number of nitrogen functional groups attached to an aromatic ring is 1. The normalized spacial score (nSPS) is 10.8. The minimum atomic E-state index is 0.147. The molecule has 186 valence electrons. The number of ether oxygens (including phenoxy) is 3. The summed E-state index contributed by atoms with van der Waals surface area (Å²) in [5, 5.41) is 5.08. The number of hydrogen-bond acceptors (Lipinski definition) is 8. The number of benzene rings is 3. The van der Waals surface area contributed by atoms with Crippen molar-refractivity contribution >= 4 is 39.8 Å². The second-order valence-corrected chi connectivity index (χ2v) is 8.54. The summed E-state index contributed by atoms with van der Waals surface area (Å²) in [5.41, 5.74) is 11.6. The summed E-state index contributed by atoms with van der Waals surface area (Å²) < 4.78 is 16.5. The van der Waals surface area contributed by atoms with Gasteiger partial charge in [-0.1, -0.05) is 23.7 Å². The van der Waals surface area contributed by atoms with Crippen molar-refractivity contribution in [2.45, 2.75) is 0 Å². The van der Waals surface area contributed by atoms with Crippen LogP contribution in [-0.4, -0.2) is 36.3 Å². The van der Waals surface area contributed by atoms with Crippen LogP contribution < -0.4 is 25.3 Å². The van der Waals surface area contributed by atoms with Gasteiger partial charge in [0.1, 0.15) is 0 Å². The van der Waals surface area contributed by atoms with E-state index in [1.54, 1.807) is 33.6 Å². The Morgan fingerprint density at radius 2 is 1.54 bits per heavy atom. The molecule has 8 nitrogen and oxygen atoms in total. The summed E-state index contributed by atoms with van der Waals surface area (Å²) in [6.07, 6.45) is 1.75. The van der Waals surface area contributed by atoms with E-state index in [1.807, 2.05) is 60.7 Å². The number of anilines is 3. The average molecular weight is 514 g/mol. The molecule has 0 saturated carbocycles. The molecule has 0 aliphatic heterocycles. The fraction of sp³-hybridized carbons (Fsp3) is 0.107. The third kappa shape index (κ3) is 4.79. The maximum atomic E-state index is 6.12. The number of rotatable bonds is 7. The van der Waals surface area contributed by atoms with Crippen LogP contribution in [0, 0.1) is 0 Å². The molecule has 0 aliphatic carbocycles. The molecular formula is C28H24ClN5O3. The van der Waals surface area contributed by atoms with E-state index in [0.717, 1.165) is 27.8 Å². The first-order chi connectivity index (χ1) is 18.0. The first-order valence-corrected chi connectivity index (χ1v) is 11.7. The molecule has 0 saturated heterocycles. The van der Waals surface area contributed by atoms with Crippen molar-refractivity contribution in [3.8, 4) is 39.8 Å². The highest BCUT2D eigenvalue weighted by Gasteiger charge is 2.19. The maximum Gasteiger partial charge on any atom is 0.221 e. The van der Waals surface area contributed by atoms with Gasteiger partial charge >= 0.3 is 0 Å². The van der Waals surface area contributed by atoms with Crippen LogP contribution in [0.25, 0.3) is 33.4 Å². The zero-order valence-electron chi connectivity index (χ0n) is 20.4. The SMILES string of the molecule is COc1ccc(-c2cc(-c3ccc(Nc4ccnc5cc(Cl)ccc45)cc3)nc(N)n2)c(OC)c1OC. The third-order valence-electron chi connectivity index (χ3n) is 5.89. The van der Waals surface area contributed by atoms with E-state index in [-0.39, 0.29) is 5.95 Å². The molecule has 3 N–H and O–H groups in total. The second-order valence-electron chi connectivity index (χ2n) is 8.10. The topological polar surface area (TPSA) is 104 Å². The Labute approximate surface area is 219 Å². The number of nitrogens with one attached hydrogen (secondary N) is 1. The first-order valence-electron chi connectivity index (χ1n) is 11.4. The van der Waals surface area contributed by atoms with Gasteiger partial charge in [-0.15, -0.1) is 0 Å². The molecule has 2 heterocycles. The molecule has 0 atom stereocenters. The van der Waals surface area contributed by atoms with Crippen LogP contribution in [-0.2, 0) is 0 Å². The lowest BCUT2D eigenvalue weighted by Gasteiger charge is -2.16. The van der Waals surface area contributed by atoms with Crippen molar-refractivity contribution in [2.24, 2.45) is 0 Å². The van der Waals surface area contributed by atoms with E-state index in [2.05, 4.69) is 20.3 Å². The molecule has 0 aliphatic rings. The zero-order chi connectivity index (χ0) is 25.9. The van der Waals surface area contributed by atoms with Crippen LogP contribution in [0.2, 0.25) is 5.02 Å². The van der Waals surface area contributed by atoms with Crippen LogP contribution in [0.4, 0.5) is 17.3 Å². The minimum Gasteiger partial charge on any atom is -0.493 e. The highest BCUT2D eigenvalue weighted by molar-refractivity contribution is 6.31. The van der Waals surface area contributed by atoms with E-state index in [4.69, 9.17) is 31.5 Å². The molecule has 5 aromatic rings. The zero-order valence-corrected chi connectivity index (χ0v) is 21.2. The van der Waals surface area contributed by atoms with Crippen LogP contribution in [0.5, 0.6) is 17.2 Å². The lowest BCUT2D eigenvalue weighted by atomic mass is 10.1. The van der Waals surface area contributed by atoms with Gasteiger partial charge in [0.05, 0.1) is 38.2 Å². The highest BCUT2D eigenvalue weighted by Crippen LogP contribution is 2.44. The van der Waals surface area contributed by atoms with Gasteiger partial charge in [-0.2, -0.15) is 0 Å². The number of pyridine rings is 1. The number of nitrogens with two attached hydrogens (primary N) is 1. The monoisotopic (exact) mass is 513 g/mol. The van der Waals surface area contributed by atoms with Gasteiger partial charge in [0, 0.05) is 39.1 Å². The predicted molar refractivity (Wildman–Crippen MR) is 147 cm³/mol. The molecule has 0 unspecified atom stereocenters. The molecule has 9 heteroatoms. The molecule has 0 fully saturated rings. The van der Waals surface area contributed by atoms with Crippen LogP contribution in [0.1, 0.15) is 0 Å². The number of aromatic nitrogens is 3. The number of nitrogens with zero attached hydrogens (tertiary/aromatic N) is 3. The van der Waals surface area contributed by atoms with E-state index in [9.17, 15) is 0 Å². The Morgan fingerprint density at radius 3 is 2.27 bits per heavy atom. The molecule has 3 aromatic carbocycles. The van der Waals surface area contributed by atoms with Crippen molar-refractivity contribution in [3.05, 3.63) is 77.9 Å². The maximum absolute atomic E-state index is 6.12. The van der Waals surface area contributed by atoms with Gasteiger partial charge in [-0.05, 0) is 54.6 Å². The van der Waals surface area contributed by atoms with Crippen molar-refractivity contribution in [3.63, 3.8) is 0 Å². The van der Waals surface area contributed by atoms with E-state index < -0.39 is 0 Å². The summed E-state index contributed by atoms with van der Waals surface area (Å²) in [5.74, 6) is 1.67. The van der Waals surface area contributed by atoms with E-state index in [1.165, 1.54) is 0 Å². The predicted octanol–water partition coefficient (Wildman–Crippen LogP) is 6.36. The Kier molecular flexibility index (Phi) is 6.66.